The molecule has 0 radical (unpaired) electrons. The third-order valence-electron chi connectivity index (χ3n) is 6.56. The second-order valence-corrected chi connectivity index (χ2v) is 9.10. The zero-order chi connectivity index (χ0) is 29.9. The molecule has 0 aliphatic carbocycles. The van der Waals surface area contributed by atoms with Crippen molar-refractivity contribution in [2.75, 3.05) is 25.7 Å². The average molecular weight is 574 g/mol. The third kappa shape index (κ3) is 6.09. The number of ether oxygens (including phenoxy) is 3. The standard InChI is InChI=1S/C28H26F3N3O7/c1-15(32-2)24(35)33-20-14-40-23-18(26(37)41-27(38)28(29,30)31)9-6-10-21(23)34(25(20)36)13-19-17-8-5-4-7-16(17)11-12-22(19)39-3/h4-12,15,20,32H,13-14H2,1-3H3,(H,33,35)/t15-,20-/m0/s1. The fraction of sp³-hybridized carbons (Fsp3) is 0.286. The number of esters is 2. The van der Waals surface area contributed by atoms with Gasteiger partial charge in [0.05, 0.1) is 25.4 Å². The molecule has 2 atom stereocenters. The number of nitrogens with one attached hydrogen (secondary N) is 2. The summed E-state index contributed by atoms with van der Waals surface area (Å²) < 4.78 is 53.7. The lowest BCUT2D eigenvalue weighted by atomic mass is 10.0. The van der Waals surface area contributed by atoms with Crippen LogP contribution in [0.4, 0.5) is 18.9 Å². The van der Waals surface area contributed by atoms with Gasteiger partial charge >= 0.3 is 18.1 Å². The first-order chi connectivity index (χ1) is 19.5. The Morgan fingerprint density at radius 3 is 2.51 bits per heavy atom. The minimum Gasteiger partial charge on any atom is -0.496 e. The number of likely N-dealkylation sites (N-methyl/N-ethyl adjacent to an activating group) is 1. The minimum absolute atomic E-state index is 0.0114. The monoisotopic (exact) mass is 573 g/mol. The number of carbonyl (C=O) groups excluding carboxylic acids is 4. The first-order valence-corrected chi connectivity index (χ1v) is 12.4. The highest BCUT2D eigenvalue weighted by Gasteiger charge is 2.43. The summed E-state index contributed by atoms with van der Waals surface area (Å²) in [4.78, 5) is 51.9. The van der Waals surface area contributed by atoms with Gasteiger partial charge in [0.25, 0.3) is 5.91 Å². The lowest BCUT2D eigenvalue weighted by molar-refractivity contribution is -0.193. The summed E-state index contributed by atoms with van der Waals surface area (Å²) in [6, 6.07) is 12.8. The zero-order valence-corrected chi connectivity index (χ0v) is 22.2. The van der Waals surface area contributed by atoms with E-state index in [9.17, 15) is 32.3 Å². The van der Waals surface area contributed by atoms with E-state index >= 15 is 0 Å². The summed E-state index contributed by atoms with van der Waals surface area (Å²) in [5, 5.41) is 6.97. The number of nitrogens with zero attached hydrogens (tertiary/aromatic N) is 1. The molecule has 10 nitrogen and oxygen atoms in total. The van der Waals surface area contributed by atoms with Crippen LogP contribution in [0, 0.1) is 0 Å². The molecule has 0 saturated heterocycles. The summed E-state index contributed by atoms with van der Waals surface area (Å²) in [6.45, 7) is 0.985. The van der Waals surface area contributed by atoms with Crippen molar-refractivity contribution in [2.45, 2.75) is 31.7 Å². The van der Waals surface area contributed by atoms with Gasteiger partial charge in [0.1, 0.15) is 24.0 Å². The van der Waals surface area contributed by atoms with Gasteiger partial charge in [-0.05, 0) is 42.9 Å². The van der Waals surface area contributed by atoms with Crippen molar-refractivity contribution >= 4 is 40.2 Å². The van der Waals surface area contributed by atoms with E-state index in [4.69, 9.17) is 9.47 Å². The van der Waals surface area contributed by atoms with E-state index < -0.39 is 54.2 Å². The van der Waals surface area contributed by atoms with Crippen LogP contribution in [0.3, 0.4) is 0 Å². The number of carbonyl (C=O) groups is 4. The number of fused-ring (bicyclic) bond motifs is 2. The van der Waals surface area contributed by atoms with Crippen LogP contribution in [0.15, 0.2) is 54.6 Å². The molecule has 0 bridgehead atoms. The molecule has 0 fully saturated rings. The number of benzene rings is 3. The quantitative estimate of drug-likeness (QED) is 0.327. The van der Waals surface area contributed by atoms with Crippen LogP contribution < -0.4 is 25.0 Å². The zero-order valence-electron chi connectivity index (χ0n) is 22.2. The number of anilines is 1. The molecule has 0 spiro atoms. The molecule has 2 amide bonds. The van der Waals surface area contributed by atoms with Gasteiger partial charge in [0.15, 0.2) is 5.75 Å². The van der Waals surface area contributed by atoms with Crippen LogP contribution in [0.2, 0.25) is 0 Å². The van der Waals surface area contributed by atoms with Gasteiger partial charge in [-0.15, -0.1) is 0 Å². The van der Waals surface area contributed by atoms with E-state index in [1.54, 1.807) is 26.1 Å². The highest BCUT2D eigenvalue weighted by Crippen LogP contribution is 2.38. The molecule has 0 saturated carbocycles. The van der Waals surface area contributed by atoms with Gasteiger partial charge in [-0.25, -0.2) is 9.59 Å². The van der Waals surface area contributed by atoms with E-state index in [1.807, 2.05) is 24.3 Å². The van der Waals surface area contributed by atoms with Crippen molar-refractivity contribution in [3.8, 4) is 11.5 Å². The van der Waals surface area contributed by atoms with Crippen LogP contribution in [-0.2, 0) is 25.7 Å². The van der Waals surface area contributed by atoms with Crippen molar-refractivity contribution < 1.29 is 46.6 Å². The molecule has 2 N–H and O–H groups in total. The number of hydrogen-bond donors (Lipinski definition) is 2. The number of methoxy groups -OCH3 is 1. The van der Waals surface area contributed by atoms with Crippen LogP contribution >= 0.6 is 0 Å². The molecule has 4 rings (SSSR count). The molecule has 1 aliphatic rings. The first-order valence-electron chi connectivity index (χ1n) is 12.4. The lowest BCUT2D eigenvalue weighted by Gasteiger charge is -2.27. The van der Waals surface area contributed by atoms with E-state index in [-0.39, 0.29) is 18.0 Å². The fourth-order valence-electron chi connectivity index (χ4n) is 4.31. The fourth-order valence-corrected chi connectivity index (χ4v) is 4.31. The second kappa shape index (κ2) is 11.8. The molecular weight excluding hydrogens is 547 g/mol. The molecule has 1 aliphatic heterocycles. The summed E-state index contributed by atoms with van der Waals surface area (Å²) in [5.74, 6) is -5.30. The van der Waals surface area contributed by atoms with Gasteiger partial charge in [-0.3, -0.25) is 9.59 Å². The van der Waals surface area contributed by atoms with Crippen molar-refractivity contribution in [1.29, 1.82) is 0 Å². The maximum absolute atomic E-state index is 13.9. The Morgan fingerprint density at radius 2 is 1.83 bits per heavy atom. The van der Waals surface area contributed by atoms with Gasteiger partial charge < -0.3 is 29.7 Å². The van der Waals surface area contributed by atoms with Gasteiger partial charge in [-0.1, -0.05) is 36.4 Å². The van der Waals surface area contributed by atoms with Crippen LogP contribution in [0.25, 0.3) is 10.8 Å². The highest BCUT2D eigenvalue weighted by molar-refractivity contribution is 6.06. The van der Waals surface area contributed by atoms with E-state index in [1.165, 1.54) is 24.1 Å². The average Bonchev–Trinajstić information content (AvgIpc) is 3.08. The first kappa shape index (κ1) is 29.3. The maximum Gasteiger partial charge on any atom is 0.491 e. The Kier molecular flexibility index (Phi) is 8.47. The highest BCUT2D eigenvalue weighted by atomic mass is 19.4. The normalized spacial score (nSPS) is 15.8. The Bertz CT molecular complexity index is 1510. The number of rotatable bonds is 7. The van der Waals surface area contributed by atoms with E-state index in [2.05, 4.69) is 15.4 Å². The number of halogens is 3. The van der Waals surface area contributed by atoms with Gasteiger partial charge in [0.2, 0.25) is 5.91 Å². The Hall–Kier alpha value is -4.65. The molecule has 13 heteroatoms. The molecule has 216 valence electrons. The van der Waals surface area contributed by atoms with Crippen molar-refractivity contribution in [2.24, 2.45) is 0 Å². The van der Waals surface area contributed by atoms with Crippen LogP contribution in [0.5, 0.6) is 11.5 Å². The Balaban J connectivity index is 1.83. The molecular formula is C28H26F3N3O7. The summed E-state index contributed by atoms with van der Waals surface area (Å²) in [6.07, 6.45) is -5.41. The van der Waals surface area contributed by atoms with Crippen LogP contribution in [-0.4, -0.2) is 62.8 Å². The molecule has 0 aromatic heterocycles. The lowest BCUT2D eigenvalue weighted by Crippen LogP contribution is -2.53. The minimum atomic E-state index is -5.41. The molecule has 0 unspecified atom stereocenters. The molecule has 41 heavy (non-hydrogen) atoms. The number of alkyl halides is 3. The number of amides is 2. The van der Waals surface area contributed by atoms with Crippen molar-refractivity contribution in [1.82, 2.24) is 10.6 Å². The number of para-hydroxylation sites is 1. The molecule has 3 aromatic rings. The molecule has 3 aromatic carbocycles. The summed E-state index contributed by atoms with van der Waals surface area (Å²) in [5.41, 5.74) is 0.0800. The van der Waals surface area contributed by atoms with E-state index in [0.29, 0.717) is 11.3 Å². The predicted octanol–water partition coefficient (Wildman–Crippen LogP) is 3.11. The SMILES string of the molecule is CN[C@@H](C)C(=O)N[C@H]1COc2c(C(=O)OC(=O)C(F)(F)F)cccc2N(Cc2c(OC)ccc3ccccc23)C1=O. The molecule has 1 heterocycles. The maximum atomic E-state index is 13.9. The largest absolute Gasteiger partial charge is 0.496 e. The van der Waals surface area contributed by atoms with Crippen molar-refractivity contribution in [3.63, 3.8) is 0 Å². The Morgan fingerprint density at radius 1 is 1.10 bits per heavy atom. The van der Waals surface area contributed by atoms with Gasteiger partial charge in [0, 0.05) is 5.56 Å². The summed E-state index contributed by atoms with van der Waals surface area (Å²) >= 11 is 0. The van der Waals surface area contributed by atoms with Crippen LogP contribution in [0.1, 0.15) is 22.8 Å². The van der Waals surface area contributed by atoms with Gasteiger partial charge in [-0.2, -0.15) is 13.2 Å². The topological polar surface area (TPSA) is 123 Å². The summed E-state index contributed by atoms with van der Waals surface area (Å²) in [7, 11) is 3.02. The van der Waals surface area contributed by atoms with Crippen molar-refractivity contribution in [3.05, 3.63) is 65.7 Å². The number of hydrogen-bond acceptors (Lipinski definition) is 8. The Labute approximate surface area is 232 Å². The predicted molar refractivity (Wildman–Crippen MR) is 141 cm³/mol. The third-order valence-corrected chi connectivity index (χ3v) is 6.56. The second-order valence-electron chi connectivity index (χ2n) is 9.10. The smallest absolute Gasteiger partial charge is 0.491 e. The van der Waals surface area contributed by atoms with E-state index in [0.717, 1.165) is 16.8 Å².